The lowest BCUT2D eigenvalue weighted by Crippen LogP contribution is -2.17. The highest BCUT2D eigenvalue weighted by Gasteiger charge is 2.26. The number of aromatic nitrogens is 2. The number of carboxylic acids is 1. The standard InChI is InChI=1S/C25H26N2O3/c1-2-3-11-23-26-21-9-6-10-22(28)24(21)27(23)16-17-12-14-18(15-13-17)19-7-4-5-8-20(19)25(29)30/h4-5,7-8,12-15H,2-3,6,9-11,16H2,1H3,(H,29,30). The quantitative estimate of drug-likeness (QED) is 0.593. The van der Waals surface area contributed by atoms with Crippen molar-refractivity contribution in [2.75, 3.05) is 0 Å². The van der Waals surface area contributed by atoms with E-state index < -0.39 is 5.97 Å². The maximum atomic E-state index is 12.6. The van der Waals surface area contributed by atoms with Gasteiger partial charge in [0.05, 0.1) is 11.3 Å². The van der Waals surface area contributed by atoms with Gasteiger partial charge in [-0.2, -0.15) is 0 Å². The number of carbonyl (C=O) groups excluding carboxylic acids is 1. The van der Waals surface area contributed by atoms with Crippen LogP contribution in [-0.4, -0.2) is 26.4 Å². The van der Waals surface area contributed by atoms with Crippen molar-refractivity contribution >= 4 is 11.8 Å². The van der Waals surface area contributed by atoms with Crippen LogP contribution in [0.4, 0.5) is 0 Å². The van der Waals surface area contributed by atoms with E-state index in [0.717, 1.165) is 60.4 Å². The number of carbonyl (C=O) groups is 2. The second-order valence-electron chi connectivity index (χ2n) is 7.84. The first-order valence-corrected chi connectivity index (χ1v) is 10.6. The molecule has 0 fully saturated rings. The molecule has 0 radical (unpaired) electrons. The Bertz CT molecular complexity index is 1080. The number of fused-ring (bicyclic) bond motifs is 1. The smallest absolute Gasteiger partial charge is 0.336 e. The summed E-state index contributed by atoms with van der Waals surface area (Å²) in [7, 11) is 0. The van der Waals surface area contributed by atoms with Gasteiger partial charge in [0.1, 0.15) is 11.5 Å². The zero-order chi connectivity index (χ0) is 21.1. The van der Waals surface area contributed by atoms with Gasteiger partial charge in [0, 0.05) is 19.4 Å². The number of nitrogens with zero attached hydrogens (tertiary/aromatic N) is 2. The molecule has 0 saturated carbocycles. The molecule has 2 aromatic carbocycles. The van der Waals surface area contributed by atoms with Gasteiger partial charge >= 0.3 is 5.97 Å². The molecule has 3 aromatic rings. The minimum Gasteiger partial charge on any atom is -0.478 e. The maximum Gasteiger partial charge on any atom is 0.336 e. The molecule has 4 rings (SSSR count). The van der Waals surface area contributed by atoms with Gasteiger partial charge in [-0.05, 0) is 42.0 Å². The third-order valence-electron chi connectivity index (χ3n) is 5.72. The first-order valence-electron chi connectivity index (χ1n) is 10.6. The first kappa shape index (κ1) is 20.1. The molecule has 0 atom stereocenters. The number of carboxylic acid groups (broad SMARTS) is 1. The number of rotatable bonds is 7. The van der Waals surface area contributed by atoms with Crippen LogP contribution in [0.1, 0.15) is 70.5 Å². The van der Waals surface area contributed by atoms with Crippen molar-refractivity contribution in [1.82, 2.24) is 9.55 Å². The average Bonchev–Trinajstić information content (AvgIpc) is 3.11. The zero-order valence-corrected chi connectivity index (χ0v) is 17.2. The summed E-state index contributed by atoms with van der Waals surface area (Å²) in [4.78, 5) is 28.9. The van der Waals surface area contributed by atoms with Gasteiger partial charge in [-0.15, -0.1) is 0 Å². The number of hydrogen-bond donors (Lipinski definition) is 1. The Hall–Kier alpha value is -3.21. The van der Waals surface area contributed by atoms with Crippen molar-refractivity contribution in [3.05, 3.63) is 76.9 Å². The van der Waals surface area contributed by atoms with E-state index >= 15 is 0 Å². The number of aryl methyl sites for hydroxylation is 2. The van der Waals surface area contributed by atoms with Crippen molar-refractivity contribution < 1.29 is 14.7 Å². The number of aromatic carboxylic acids is 1. The van der Waals surface area contributed by atoms with Crippen molar-refractivity contribution in [3.63, 3.8) is 0 Å². The summed E-state index contributed by atoms with van der Waals surface area (Å²) in [6.45, 7) is 2.76. The monoisotopic (exact) mass is 402 g/mol. The van der Waals surface area contributed by atoms with Crippen LogP contribution in [0.3, 0.4) is 0 Å². The predicted octanol–water partition coefficient (Wildman–Crippen LogP) is 5.16. The topological polar surface area (TPSA) is 72.2 Å². The van der Waals surface area contributed by atoms with Crippen LogP contribution in [0, 0.1) is 0 Å². The van der Waals surface area contributed by atoms with Gasteiger partial charge in [0.2, 0.25) is 0 Å². The average molecular weight is 402 g/mol. The molecular weight excluding hydrogens is 376 g/mol. The number of hydrogen-bond acceptors (Lipinski definition) is 3. The minimum absolute atomic E-state index is 0.193. The van der Waals surface area contributed by atoms with Gasteiger partial charge in [-0.25, -0.2) is 9.78 Å². The van der Waals surface area contributed by atoms with E-state index in [4.69, 9.17) is 4.98 Å². The summed E-state index contributed by atoms with van der Waals surface area (Å²) < 4.78 is 2.10. The Labute approximate surface area is 176 Å². The molecule has 1 aliphatic rings. The Morgan fingerprint density at radius 3 is 2.60 bits per heavy atom. The van der Waals surface area contributed by atoms with Gasteiger partial charge in [-0.1, -0.05) is 55.8 Å². The lowest BCUT2D eigenvalue weighted by molar-refractivity contribution is 0.0697. The molecule has 30 heavy (non-hydrogen) atoms. The second kappa shape index (κ2) is 8.66. The summed E-state index contributed by atoms with van der Waals surface area (Å²) in [6.07, 6.45) is 5.36. The fraction of sp³-hybridized carbons (Fsp3) is 0.320. The van der Waals surface area contributed by atoms with Crippen molar-refractivity contribution in [2.45, 2.75) is 52.0 Å². The largest absolute Gasteiger partial charge is 0.478 e. The fourth-order valence-electron chi connectivity index (χ4n) is 4.16. The molecular formula is C25H26N2O3. The predicted molar refractivity (Wildman–Crippen MR) is 116 cm³/mol. The van der Waals surface area contributed by atoms with Crippen LogP contribution in [0.2, 0.25) is 0 Å². The summed E-state index contributed by atoms with van der Waals surface area (Å²) in [5.41, 5.74) is 4.67. The van der Waals surface area contributed by atoms with Crippen molar-refractivity contribution in [3.8, 4) is 11.1 Å². The molecule has 0 unspecified atom stereocenters. The number of imidazole rings is 1. The number of ketones is 1. The van der Waals surface area contributed by atoms with Crippen LogP contribution in [-0.2, 0) is 19.4 Å². The Morgan fingerprint density at radius 2 is 1.87 bits per heavy atom. The summed E-state index contributed by atoms with van der Waals surface area (Å²) in [6, 6.07) is 15.0. The summed E-state index contributed by atoms with van der Waals surface area (Å²) >= 11 is 0. The molecule has 1 heterocycles. The van der Waals surface area contributed by atoms with Gasteiger partial charge in [0.25, 0.3) is 0 Å². The molecule has 154 valence electrons. The lowest BCUT2D eigenvalue weighted by atomic mass is 9.98. The number of benzene rings is 2. The molecule has 5 nitrogen and oxygen atoms in total. The first-order chi connectivity index (χ1) is 14.6. The molecule has 5 heteroatoms. The highest BCUT2D eigenvalue weighted by Crippen LogP contribution is 2.27. The molecule has 1 aliphatic carbocycles. The van der Waals surface area contributed by atoms with Gasteiger partial charge < -0.3 is 9.67 Å². The van der Waals surface area contributed by atoms with E-state index in [2.05, 4.69) is 11.5 Å². The van der Waals surface area contributed by atoms with E-state index in [9.17, 15) is 14.7 Å². The van der Waals surface area contributed by atoms with Crippen molar-refractivity contribution in [2.24, 2.45) is 0 Å². The highest BCUT2D eigenvalue weighted by atomic mass is 16.4. The number of Topliss-reactive ketones (excluding diaryl/α,β-unsaturated/α-hetero) is 1. The van der Waals surface area contributed by atoms with Gasteiger partial charge in [-0.3, -0.25) is 4.79 Å². The van der Waals surface area contributed by atoms with Crippen LogP contribution >= 0.6 is 0 Å². The number of unbranched alkanes of at least 4 members (excludes halogenated alkanes) is 1. The Balaban J connectivity index is 1.65. The van der Waals surface area contributed by atoms with Crippen LogP contribution in [0.25, 0.3) is 11.1 Å². The minimum atomic E-state index is -0.932. The van der Waals surface area contributed by atoms with Gasteiger partial charge in [0.15, 0.2) is 5.78 Å². The normalized spacial score (nSPS) is 13.3. The maximum absolute atomic E-state index is 12.6. The van der Waals surface area contributed by atoms with E-state index in [1.165, 1.54) is 0 Å². The Kier molecular flexibility index (Phi) is 5.79. The van der Waals surface area contributed by atoms with Crippen LogP contribution in [0.15, 0.2) is 48.5 Å². The summed E-state index contributed by atoms with van der Waals surface area (Å²) in [5.74, 6) is 0.259. The molecule has 0 saturated heterocycles. The highest BCUT2D eigenvalue weighted by molar-refractivity contribution is 5.97. The van der Waals surface area contributed by atoms with E-state index in [-0.39, 0.29) is 5.78 Å². The molecule has 0 bridgehead atoms. The molecule has 0 amide bonds. The van der Waals surface area contributed by atoms with Crippen molar-refractivity contribution in [1.29, 1.82) is 0 Å². The zero-order valence-electron chi connectivity index (χ0n) is 17.2. The second-order valence-corrected chi connectivity index (χ2v) is 7.84. The van der Waals surface area contributed by atoms with Crippen LogP contribution in [0.5, 0.6) is 0 Å². The third kappa shape index (κ3) is 3.92. The Morgan fingerprint density at radius 1 is 1.10 bits per heavy atom. The van der Waals surface area contributed by atoms with E-state index in [1.807, 2.05) is 36.4 Å². The molecule has 0 aliphatic heterocycles. The fourth-order valence-corrected chi connectivity index (χ4v) is 4.16. The lowest BCUT2D eigenvalue weighted by Gasteiger charge is -2.15. The van der Waals surface area contributed by atoms with E-state index in [1.54, 1.807) is 12.1 Å². The third-order valence-corrected chi connectivity index (χ3v) is 5.72. The molecule has 0 spiro atoms. The summed E-state index contributed by atoms with van der Waals surface area (Å²) in [5, 5.41) is 9.45. The van der Waals surface area contributed by atoms with E-state index in [0.29, 0.717) is 24.1 Å². The molecule has 1 aromatic heterocycles. The molecule has 1 N–H and O–H groups in total. The van der Waals surface area contributed by atoms with Crippen LogP contribution < -0.4 is 0 Å². The SMILES string of the molecule is CCCCc1nc2c(n1Cc1ccc(-c3ccccc3C(=O)O)cc1)C(=O)CCC2.